The Kier molecular flexibility index (Phi) is 9.04. The largest absolute Gasteiger partial charge is 0.508 e. The van der Waals surface area contributed by atoms with E-state index in [-0.39, 0.29) is 16.6 Å². The van der Waals surface area contributed by atoms with Crippen LogP contribution in [-0.4, -0.2) is 28.8 Å². The molecule has 0 aromatic heterocycles. The van der Waals surface area contributed by atoms with E-state index in [0.717, 1.165) is 16.0 Å². The van der Waals surface area contributed by atoms with Gasteiger partial charge in [0.25, 0.3) is 0 Å². The number of thioether (sulfide) groups is 1. The Morgan fingerprint density at radius 2 is 1.73 bits per heavy atom. The first-order chi connectivity index (χ1) is 17.9. The third kappa shape index (κ3) is 7.71. The second-order valence-electron chi connectivity index (χ2n) is 8.24. The van der Waals surface area contributed by atoms with Crippen molar-refractivity contribution in [1.82, 2.24) is 4.90 Å². The molecule has 0 bridgehead atoms. The van der Waals surface area contributed by atoms with Crippen LogP contribution >= 0.6 is 23.4 Å². The normalized spacial score (nSPS) is 11.4. The molecule has 0 aliphatic rings. The fourth-order valence-electron chi connectivity index (χ4n) is 3.63. The number of phenolic OH excluding ortho intramolecular Hbond substituents is 1. The summed E-state index contributed by atoms with van der Waals surface area (Å²) in [4.78, 5) is 7.81. The van der Waals surface area contributed by atoms with Crippen molar-refractivity contribution in [2.45, 2.75) is 17.9 Å². The van der Waals surface area contributed by atoms with Crippen LogP contribution < -0.4 is 4.74 Å². The van der Waals surface area contributed by atoms with Crippen LogP contribution in [0.15, 0.2) is 101 Å². The number of halogens is 3. The maximum atomic E-state index is 13.8. The van der Waals surface area contributed by atoms with Crippen LogP contribution in [0.5, 0.6) is 11.5 Å². The number of aliphatic imine (C=N–C) groups is 1. The lowest BCUT2D eigenvalue weighted by atomic mass is 10.1. The van der Waals surface area contributed by atoms with Crippen LogP contribution in [-0.2, 0) is 13.0 Å². The molecule has 0 unspecified atom stereocenters. The van der Waals surface area contributed by atoms with E-state index in [1.807, 2.05) is 30.3 Å². The summed E-state index contributed by atoms with van der Waals surface area (Å²) >= 11 is 7.47. The van der Waals surface area contributed by atoms with E-state index in [9.17, 15) is 13.9 Å². The topological polar surface area (TPSA) is 45.1 Å². The number of ether oxygens (including phenoxy) is 1. The van der Waals surface area contributed by atoms with E-state index < -0.39 is 5.82 Å². The molecule has 4 rings (SSSR count). The quantitative estimate of drug-likeness (QED) is 0.141. The Morgan fingerprint density at radius 1 is 0.946 bits per heavy atom. The van der Waals surface area contributed by atoms with Crippen LogP contribution in [0.2, 0.25) is 5.02 Å². The van der Waals surface area contributed by atoms with Crippen molar-refractivity contribution < 1.29 is 18.6 Å². The number of aromatic hydroxyl groups is 1. The number of rotatable bonds is 8. The molecule has 0 fully saturated rings. The van der Waals surface area contributed by atoms with E-state index in [1.165, 1.54) is 36.0 Å². The third-order valence-corrected chi connectivity index (χ3v) is 6.83. The molecule has 4 nitrogen and oxygen atoms in total. The van der Waals surface area contributed by atoms with Crippen LogP contribution in [0.4, 0.5) is 14.5 Å². The van der Waals surface area contributed by atoms with E-state index >= 15 is 0 Å². The SMILES string of the molecule is COc1cccc(SC(=Nc2ccc(F)c(Cl)c2)N(CCc2ccc(F)cc2)Cc2cccc(O)c2)c1. The highest BCUT2D eigenvalue weighted by molar-refractivity contribution is 8.13. The van der Waals surface area contributed by atoms with Gasteiger partial charge in [0, 0.05) is 18.0 Å². The summed E-state index contributed by atoms with van der Waals surface area (Å²) in [6, 6.07) is 25.4. The van der Waals surface area contributed by atoms with Gasteiger partial charge >= 0.3 is 0 Å². The third-order valence-electron chi connectivity index (χ3n) is 5.52. The number of hydrogen-bond acceptors (Lipinski definition) is 4. The van der Waals surface area contributed by atoms with Gasteiger partial charge in [0.05, 0.1) is 17.8 Å². The van der Waals surface area contributed by atoms with Gasteiger partial charge in [-0.05, 0) is 78.2 Å². The first-order valence-corrected chi connectivity index (χ1v) is 12.7. The van der Waals surface area contributed by atoms with Crippen LogP contribution in [0.1, 0.15) is 11.1 Å². The molecule has 37 heavy (non-hydrogen) atoms. The summed E-state index contributed by atoms with van der Waals surface area (Å²) in [6.07, 6.45) is 0.626. The maximum Gasteiger partial charge on any atom is 0.169 e. The lowest BCUT2D eigenvalue weighted by Gasteiger charge is -2.26. The first kappa shape index (κ1) is 26.5. The standard InChI is InChI=1S/C29H25ClF2N2O2S/c1-36-25-6-3-7-26(18-25)37-29(33-23-12-13-28(32)27(30)17-23)34(19-21-4-2-5-24(35)16-21)15-14-20-8-10-22(31)11-9-20/h2-13,16-18,35H,14-15,19H2,1H3. The van der Waals surface area contributed by atoms with Gasteiger partial charge in [-0.3, -0.25) is 0 Å². The number of hydrogen-bond donors (Lipinski definition) is 1. The fourth-order valence-corrected chi connectivity index (χ4v) is 4.77. The van der Waals surface area contributed by atoms with Crippen molar-refractivity contribution in [1.29, 1.82) is 0 Å². The molecule has 0 aliphatic carbocycles. The zero-order valence-corrected chi connectivity index (χ0v) is 21.6. The van der Waals surface area contributed by atoms with Crippen LogP contribution in [0.25, 0.3) is 0 Å². The summed E-state index contributed by atoms with van der Waals surface area (Å²) in [7, 11) is 1.61. The Hall–Kier alpha value is -3.55. The second-order valence-corrected chi connectivity index (χ2v) is 9.69. The molecule has 8 heteroatoms. The number of nitrogens with zero attached hydrogens (tertiary/aromatic N) is 2. The first-order valence-electron chi connectivity index (χ1n) is 11.5. The Morgan fingerprint density at radius 3 is 2.46 bits per heavy atom. The van der Waals surface area contributed by atoms with Crippen molar-refractivity contribution in [2.24, 2.45) is 4.99 Å². The van der Waals surface area contributed by atoms with Crippen molar-refractivity contribution in [3.8, 4) is 11.5 Å². The van der Waals surface area contributed by atoms with Gasteiger partial charge in [0.2, 0.25) is 0 Å². The lowest BCUT2D eigenvalue weighted by molar-refractivity contribution is 0.413. The highest BCUT2D eigenvalue weighted by atomic mass is 35.5. The van der Waals surface area contributed by atoms with Crippen LogP contribution in [0, 0.1) is 11.6 Å². The van der Waals surface area contributed by atoms with Gasteiger partial charge in [0.15, 0.2) is 5.17 Å². The Bertz CT molecular complexity index is 1380. The molecule has 0 atom stereocenters. The fraction of sp³-hybridized carbons (Fsp3) is 0.138. The molecule has 0 saturated carbocycles. The summed E-state index contributed by atoms with van der Waals surface area (Å²) in [5, 5.41) is 10.7. The zero-order valence-electron chi connectivity index (χ0n) is 20.1. The molecule has 4 aromatic rings. The molecule has 0 radical (unpaired) electrons. The Balaban J connectivity index is 1.73. The Labute approximate surface area is 224 Å². The van der Waals surface area contributed by atoms with E-state index in [2.05, 4.69) is 4.90 Å². The van der Waals surface area contributed by atoms with Gasteiger partial charge in [-0.1, -0.05) is 53.7 Å². The van der Waals surface area contributed by atoms with Gasteiger partial charge in [-0.15, -0.1) is 0 Å². The zero-order chi connectivity index (χ0) is 26.2. The molecule has 0 aliphatic heterocycles. The van der Waals surface area contributed by atoms with Crippen molar-refractivity contribution in [3.05, 3.63) is 119 Å². The van der Waals surface area contributed by atoms with Gasteiger partial charge < -0.3 is 14.7 Å². The van der Waals surface area contributed by atoms with Crippen molar-refractivity contribution in [2.75, 3.05) is 13.7 Å². The van der Waals surface area contributed by atoms with E-state index in [1.54, 1.807) is 43.5 Å². The summed E-state index contributed by atoms with van der Waals surface area (Å²) < 4.78 is 32.7. The minimum atomic E-state index is -0.518. The summed E-state index contributed by atoms with van der Waals surface area (Å²) in [5.41, 5.74) is 2.35. The number of phenols is 1. The van der Waals surface area contributed by atoms with Gasteiger partial charge in [-0.25, -0.2) is 13.8 Å². The minimum Gasteiger partial charge on any atom is -0.508 e. The molecule has 0 spiro atoms. The van der Waals surface area contributed by atoms with Crippen LogP contribution in [0.3, 0.4) is 0 Å². The van der Waals surface area contributed by atoms with E-state index in [4.69, 9.17) is 21.3 Å². The smallest absolute Gasteiger partial charge is 0.169 e. The summed E-state index contributed by atoms with van der Waals surface area (Å²) in [6.45, 7) is 0.992. The molecular weight excluding hydrogens is 514 g/mol. The second kappa shape index (κ2) is 12.6. The molecule has 0 heterocycles. The maximum absolute atomic E-state index is 13.8. The molecule has 4 aromatic carbocycles. The number of benzene rings is 4. The molecule has 1 N–H and O–H groups in total. The predicted octanol–water partition coefficient (Wildman–Crippen LogP) is 7.86. The van der Waals surface area contributed by atoms with E-state index in [0.29, 0.717) is 36.1 Å². The highest BCUT2D eigenvalue weighted by Gasteiger charge is 2.16. The lowest BCUT2D eigenvalue weighted by Crippen LogP contribution is -2.30. The molecule has 0 amide bonds. The van der Waals surface area contributed by atoms with Crippen molar-refractivity contribution in [3.63, 3.8) is 0 Å². The molecule has 190 valence electrons. The predicted molar refractivity (Wildman–Crippen MR) is 146 cm³/mol. The summed E-state index contributed by atoms with van der Waals surface area (Å²) in [5.74, 6) is 0.0696. The van der Waals surface area contributed by atoms with Gasteiger partial charge in [-0.2, -0.15) is 0 Å². The molecule has 0 saturated heterocycles. The van der Waals surface area contributed by atoms with Gasteiger partial charge in [0.1, 0.15) is 23.1 Å². The minimum absolute atomic E-state index is 0.0159. The average molecular weight is 539 g/mol. The highest BCUT2D eigenvalue weighted by Crippen LogP contribution is 2.30. The average Bonchev–Trinajstić information content (AvgIpc) is 2.89. The van der Waals surface area contributed by atoms with Crippen molar-refractivity contribution >= 4 is 34.2 Å². The number of methoxy groups -OCH3 is 1. The number of amidine groups is 1. The monoisotopic (exact) mass is 538 g/mol. The molecular formula is C29H25ClF2N2O2S.